The molecule has 0 saturated carbocycles. The first kappa shape index (κ1) is 20.6. The number of amides is 1. The third-order valence-electron chi connectivity index (χ3n) is 5.09. The van der Waals surface area contributed by atoms with Crippen LogP contribution in [0.1, 0.15) is 6.42 Å². The molecule has 0 spiro atoms. The Morgan fingerprint density at radius 2 is 1.87 bits per heavy atom. The van der Waals surface area contributed by atoms with Gasteiger partial charge >= 0.3 is 0 Å². The third-order valence-corrected chi connectivity index (χ3v) is 7.68. The lowest BCUT2D eigenvalue weighted by molar-refractivity contribution is -0.128. The molecule has 2 aromatic carbocycles. The minimum atomic E-state index is -3.03. The first-order chi connectivity index (χ1) is 14.4. The van der Waals surface area contributed by atoms with Crippen LogP contribution in [0.4, 0.5) is 11.5 Å². The van der Waals surface area contributed by atoms with Gasteiger partial charge in [-0.3, -0.25) is 4.79 Å². The number of fused-ring (bicyclic) bond motifs is 1. The molecule has 1 saturated heterocycles. The van der Waals surface area contributed by atoms with E-state index in [-0.39, 0.29) is 29.2 Å². The van der Waals surface area contributed by atoms with Gasteiger partial charge in [-0.2, -0.15) is 0 Å². The van der Waals surface area contributed by atoms with Crippen LogP contribution in [0.15, 0.2) is 59.8 Å². The number of benzene rings is 2. The minimum absolute atomic E-state index is 0.0392. The highest BCUT2D eigenvalue weighted by molar-refractivity contribution is 7.99. The Labute approximate surface area is 179 Å². The lowest BCUT2D eigenvalue weighted by Crippen LogP contribution is -2.38. The normalized spacial score (nSPS) is 17.7. The molecule has 1 N–H and O–H groups in total. The first-order valence-corrected chi connectivity index (χ1v) is 12.4. The fourth-order valence-electron chi connectivity index (χ4n) is 3.39. The van der Waals surface area contributed by atoms with Crippen LogP contribution in [0.2, 0.25) is 0 Å². The van der Waals surface area contributed by atoms with E-state index in [1.807, 2.05) is 54.6 Å². The quantitative estimate of drug-likeness (QED) is 0.463. The minimum Gasteiger partial charge on any atom is -0.341 e. The van der Waals surface area contributed by atoms with Crippen LogP contribution >= 0.6 is 11.8 Å². The van der Waals surface area contributed by atoms with Crippen LogP contribution in [-0.4, -0.2) is 59.5 Å². The Hall–Kier alpha value is -2.65. The number of sulfone groups is 1. The summed E-state index contributed by atoms with van der Waals surface area (Å²) in [4.78, 5) is 23.3. The van der Waals surface area contributed by atoms with E-state index in [4.69, 9.17) is 0 Å². The summed E-state index contributed by atoms with van der Waals surface area (Å²) in [6, 6.07) is 17.2. The summed E-state index contributed by atoms with van der Waals surface area (Å²) in [7, 11) is -1.37. The molecule has 1 aliphatic rings. The van der Waals surface area contributed by atoms with Crippen molar-refractivity contribution in [3.8, 4) is 0 Å². The zero-order valence-corrected chi connectivity index (χ0v) is 18.1. The van der Waals surface area contributed by atoms with E-state index >= 15 is 0 Å². The number of carbonyl (C=O) groups is 1. The van der Waals surface area contributed by atoms with E-state index in [0.29, 0.717) is 17.4 Å². The summed E-state index contributed by atoms with van der Waals surface area (Å²) in [5, 5.41) is 4.71. The lowest BCUT2D eigenvalue weighted by atomic mass is 10.2. The van der Waals surface area contributed by atoms with Gasteiger partial charge in [-0.1, -0.05) is 42.1 Å². The number of hydrogen-bond donors (Lipinski definition) is 1. The van der Waals surface area contributed by atoms with E-state index in [1.165, 1.54) is 11.8 Å². The summed E-state index contributed by atoms with van der Waals surface area (Å²) in [6.45, 7) is 0. The van der Waals surface area contributed by atoms with Crippen molar-refractivity contribution in [2.24, 2.45) is 0 Å². The van der Waals surface area contributed by atoms with Crippen molar-refractivity contribution in [1.82, 2.24) is 14.9 Å². The van der Waals surface area contributed by atoms with Crippen molar-refractivity contribution < 1.29 is 13.2 Å². The SMILES string of the molecule is CN(C(=O)CSc1nc(Nc2ccccc2)c2ccccc2n1)[C@@H]1CCS(=O)(=O)C1. The van der Waals surface area contributed by atoms with Crippen molar-refractivity contribution >= 4 is 49.9 Å². The van der Waals surface area contributed by atoms with Gasteiger partial charge in [0, 0.05) is 24.2 Å². The second-order valence-electron chi connectivity index (χ2n) is 7.21. The highest BCUT2D eigenvalue weighted by atomic mass is 32.2. The number of anilines is 2. The number of aromatic nitrogens is 2. The van der Waals surface area contributed by atoms with Gasteiger partial charge in [-0.05, 0) is 30.7 Å². The molecule has 7 nitrogen and oxygen atoms in total. The van der Waals surface area contributed by atoms with Gasteiger partial charge in [0.15, 0.2) is 15.0 Å². The predicted octanol–water partition coefficient (Wildman–Crippen LogP) is 3.11. The van der Waals surface area contributed by atoms with Crippen molar-refractivity contribution in [1.29, 1.82) is 0 Å². The van der Waals surface area contributed by atoms with Crippen molar-refractivity contribution in [2.75, 3.05) is 29.6 Å². The van der Waals surface area contributed by atoms with Crippen LogP contribution < -0.4 is 5.32 Å². The molecule has 4 rings (SSSR count). The number of rotatable bonds is 6. The Bertz CT molecular complexity index is 1170. The Kier molecular flexibility index (Phi) is 5.92. The Balaban J connectivity index is 1.51. The maximum atomic E-state index is 12.6. The molecular formula is C21H22N4O3S2. The average Bonchev–Trinajstić information content (AvgIpc) is 3.12. The highest BCUT2D eigenvalue weighted by Gasteiger charge is 2.32. The smallest absolute Gasteiger partial charge is 0.233 e. The molecule has 1 fully saturated rings. The number of carbonyl (C=O) groups excluding carboxylic acids is 1. The van der Waals surface area contributed by atoms with Gasteiger partial charge < -0.3 is 10.2 Å². The molecule has 0 unspecified atom stereocenters. The zero-order chi connectivity index (χ0) is 21.1. The van der Waals surface area contributed by atoms with Gasteiger partial charge in [-0.25, -0.2) is 18.4 Å². The van der Waals surface area contributed by atoms with Gasteiger partial charge in [0.25, 0.3) is 0 Å². The molecule has 0 bridgehead atoms. The van der Waals surface area contributed by atoms with Crippen LogP contribution in [0.3, 0.4) is 0 Å². The zero-order valence-electron chi connectivity index (χ0n) is 16.5. The summed E-state index contributed by atoms with van der Waals surface area (Å²) in [6.07, 6.45) is 0.493. The van der Waals surface area contributed by atoms with E-state index in [0.717, 1.165) is 16.6 Å². The van der Waals surface area contributed by atoms with E-state index in [2.05, 4.69) is 15.3 Å². The van der Waals surface area contributed by atoms with E-state index < -0.39 is 9.84 Å². The Morgan fingerprint density at radius 1 is 1.13 bits per heavy atom. The standard InChI is InChI=1S/C21H22N4O3S2/c1-25(16-11-12-30(27,28)14-16)19(26)13-29-21-23-18-10-6-5-9-17(18)20(24-21)22-15-7-3-2-4-8-15/h2-10,16H,11-14H2,1H3,(H,22,23,24)/t16-/m1/s1. The fourth-order valence-corrected chi connectivity index (χ4v) is 5.94. The summed E-state index contributed by atoms with van der Waals surface area (Å²) < 4.78 is 23.4. The number of para-hydroxylation sites is 2. The molecule has 0 radical (unpaired) electrons. The molecular weight excluding hydrogens is 420 g/mol. The number of nitrogens with zero attached hydrogens (tertiary/aromatic N) is 3. The van der Waals surface area contributed by atoms with E-state index in [9.17, 15) is 13.2 Å². The van der Waals surface area contributed by atoms with E-state index in [1.54, 1.807) is 11.9 Å². The molecule has 1 aliphatic heterocycles. The Morgan fingerprint density at radius 3 is 2.60 bits per heavy atom. The first-order valence-electron chi connectivity index (χ1n) is 9.59. The van der Waals surface area contributed by atoms with Crippen molar-refractivity contribution in [3.63, 3.8) is 0 Å². The third kappa shape index (κ3) is 4.73. The maximum Gasteiger partial charge on any atom is 0.233 e. The number of hydrogen-bond acceptors (Lipinski definition) is 7. The molecule has 156 valence electrons. The summed E-state index contributed by atoms with van der Waals surface area (Å²) >= 11 is 1.25. The van der Waals surface area contributed by atoms with Gasteiger partial charge in [-0.15, -0.1) is 0 Å². The summed E-state index contributed by atoms with van der Waals surface area (Å²) in [5.74, 6) is 0.881. The van der Waals surface area contributed by atoms with Crippen molar-refractivity contribution in [3.05, 3.63) is 54.6 Å². The van der Waals surface area contributed by atoms with Crippen LogP contribution in [0, 0.1) is 0 Å². The van der Waals surface area contributed by atoms with Gasteiger partial charge in [0.2, 0.25) is 5.91 Å². The molecule has 9 heteroatoms. The second kappa shape index (κ2) is 8.61. The molecule has 0 aliphatic carbocycles. The van der Waals surface area contributed by atoms with Gasteiger partial charge in [0.1, 0.15) is 5.82 Å². The molecule has 2 heterocycles. The highest BCUT2D eigenvalue weighted by Crippen LogP contribution is 2.27. The molecule has 30 heavy (non-hydrogen) atoms. The van der Waals surface area contributed by atoms with Crippen LogP contribution in [0.5, 0.6) is 0 Å². The molecule has 3 aromatic rings. The molecule has 1 aromatic heterocycles. The largest absolute Gasteiger partial charge is 0.341 e. The lowest BCUT2D eigenvalue weighted by Gasteiger charge is -2.23. The molecule has 1 amide bonds. The maximum absolute atomic E-state index is 12.6. The topological polar surface area (TPSA) is 92.3 Å². The average molecular weight is 443 g/mol. The van der Waals surface area contributed by atoms with Gasteiger partial charge in [0.05, 0.1) is 22.8 Å². The second-order valence-corrected chi connectivity index (χ2v) is 10.4. The fraction of sp³-hybridized carbons (Fsp3) is 0.286. The number of nitrogens with one attached hydrogen (secondary N) is 1. The molecule has 1 atom stereocenters. The van der Waals surface area contributed by atoms with Crippen molar-refractivity contribution in [2.45, 2.75) is 17.6 Å². The predicted molar refractivity (Wildman–Crippen MR) is 120 cm³/mol. The monoisotopic (exact) mass is 442 g/mol. The van der Waals surface area contributed by atoms with Crippen LogP contribution in [0.25, 0.3) is 10.9 Å². The number of thioether (sulfide) groups is 1. The van der Waals surface area contributed by atoms with Crippen LogP contribution in [-0.2, 0) is 14.6 Å². The summed E-state index contributed by atoms with van der Waals surface area (Å²) in [5.41, 5.74) is 1.70.